The van der Waals surface area contributed by atoms with Gasteiger partial charge in [-0.25, -0.2) is 4.98 Å². The van der Waals surface area contributed by atoms with E-state index in [0.717, 1.165) is 27.6 Å². The number of hydrogen-bond acceptors (Lipinski definition) is 5. The van der Waals surface area contributed by atoms with Crippen LogP contribution in [0.5, 0.6) is 5.75 Å². The van der Waals surface area contributed by atoms with Crippen molar-refractivity contribution in [2.24, 2.45) is 5.73 Å². The van der Waals surface area contributed by atoms with E-state index < -0.39 is 0 Å². The molecule has 0 saturated carbocycles. The number of aromatic nitrogens is 1. The van der Waals surface area contributed by atoms with Gasteiger partial charge in [0.2, 0.25) is 0 Å². The average Bonchev–Trinajstić information content (AvgIpc) is 2.92. The third-order valence-electron chi connectivity index (χ3n) is 3.20. The summed E-state index contributed by atoms with van der Waals surface area (Å²) >= 11 is 1.45. The lowest BCUT2D eigenvalue weighted by atomic mass is 10.1. The Hall–Kier alpha value is -1.63. The molecule has 0 unspecified atom stereocenters. The smallest absolute Gasteiger partial charge is 0.275 e. The first-order chi connectivity index (χ1) is 10.1. The number of aryl methyl sites for hydroxylation is 1. The summed E-state index contributed by atoms with van der Waals surface area (Å²) in [4.78, 5) is 16.5. The molecular formula is C15H20ClN3O2S. The van der Waals surface area contributed by atoms with Crippen molar-refractivity contribution in [1.82, 2.24) is 4.98 Å². The maximum atomic E-state index is 12.2. The van der Waals surface area contributed by atoms with Crippen LogP contribution in [0.3, 0.4) is 0 Å². The minimum Gasteiger partial charge on any atom is -0.496 e. The van der Waals surface area contributed by atoms with Gasteiger partial charge in [-0.2, -0.15) is 0 Å². The summed E-state index contributed by atoms with van der Waals surface area (Å²) in [5.41, 5.74) is 8.58. The number of rotatable bonds is 5. The molecular weight excluding hydrogens is 322 g/mol. The summed E-state index contributed by atoms with van der Waals surface area (Å²) < 4.78 is 5.36. The molecule has 3 N–H and O–H groups in total. The second-order valence-electron chi connectivity index (χ2n) is 4.71. The van der Waals surface area contributed by atoms with Crippen molar-refractivity contribution in [1.29, 1.82) is 0 Å². The molecule has 0 radical (unpaired) electrons. The monoisotopic (exact) mass is 341 g/mol. The summed E-state index contributed by atoms with van der Waals surface area (Å²) in [5, 5.41) is 5.50. The van der Waals surface area contributed by atoms with Crippen LogP contribution >= 0.6 is 23.7 Å². The number of ether oxygens (including phenoxy) is 1. The molecule has 120 valence electrons. The number of amides is 1. The Morgan fingerprint density at radius 2 is 2.14 bits per heavy atom. The number of nitrogens with two attached hydrogens (primary N) is 1. The number of hydrogen-bond donors (Lipinski definition) is 2. The highest BCUT2D eigenvalue weighted by molar-refractivity contribution is 7.09. The number of anilines is 1. The molecule has 1 amide bonds. The SMILES string of the molecule is COc1c(C)ccc(NC(=O)c2csc(CCN)n2)c1C.Cl. The van der Waals surface area contributed by atoms with Gasteiger partial charge in [0.05, 0.1) is 12.1 Å². The first kappa shape index (κ1) is 18.4. The van der Waals surface area contributed by atoms with Crippen LogP contribution in [0.2, 0.25) is 0 Å². The third-order valence-corrected chi connectivity index (χ3v) is 4.11. The van der Waals surface area contributed by atoms with Crippen LogP contribution in [0.1, 0.15) is 26.6 Å². The van der Waals surface area contributed by atoms with Crippen molar-refractivity contribution in [3.05, 3.63) is 39.3 Å². The number of benzene rings is 1. The van der Waals surface area contributed by atoms with Gasteiger partial charge in [-0.05, 0) is 32.0 Å². The molecule has 0 aliphatic rings. The van der Waals surface area contributed by atoms with E-state index in [2.05, 4.69) is 10.3 Å². The molecule has 0 aliphatic heterocycles. The van der Waals surface area contributed by atoms with Gasteiger partial charge < -0.3 is 15.8 Å². The van der Waals surface area contributed by atoms with E-state index in [-0.39, 0.29) is 18.3 Å². The average molecular weight is 342 g/mol. The standard InChI is InChI=1S/C15H19N3O2S.ClH/c1-9-4-5-11(10(2)14(9)20-3)18-15(19)12-8-21-13(17-12)6-7-16;/h4-5,8H,6-7,16H2,1-3H3,(H,18,19);1H. The minimum absolute atomic E-state index is 0. The van der Waals surface area contributed by atoms with E-state index in [1.807, 2.05) is 26.0 Å². The predicted octanol–water partition coefficient (Wildman–Crippen LogP) is 2.94. The van der Waals surface area contributed by atoms with Gasteiger partial charge in [0.25, 0.3) is 5.91 Å². The number of carbonyl (C=O) groups excluding carboxylic acids is 1. The summed E-state index contributed by atoms with van der Waals surface area (Å²) in [6.07, 6.45) is 0.690. The van der Waals surface area contributed by atoms with Crippen LogP contribution < -0.4 is 15.8 Å². The Morgan fingerprint density at radius 1 is 1.41 bits per heavy atom. The summed E-state index contributed by atoms with van der Waals surface area (Å²) in [6, 6.07) is 3.79. The molecule has 5 nitrogen and oxygen atoms in total. The van der Waals surface area contributed by atoms with Crippen LogP contribution in [0.25, 0.3) is 0 Å². The largest absolute Gasteiger partial charge is 0.496 e. The van der Waals surface area contributed by atoms with E-state index in [4.69, 9.17) is 10.5 Å². The Kier molecular flexibility index (Phi) is 6.80. The molecule has 0 saturated heterocycles. The van der Waals surface area contributed by atoms with Gasteiger partial charge in [0.1, 0.15) is 11.4 Å². The zero-order chi connectivity index (χ0) is 15.4. The highest BCUT2D eigenvalue weighted by Crippen LogP contribution is 2.29. The normalized spacial score (nSPS) is 10.0. The molecule has 1 heterocycles. The molecule has 0 bridgehead atoms. The van der Waals surface area contributed by atoms with Crippen LogP contribution in [0, 0.1) is 13.8 Å². The third kappa shape index (κ3) is 3.97. The minimum atomic E-state index is -0.219. The van der Waals surface area contributed by atoms with Gasteiger partial charge in [0, 0.05) is 23.1 Å². The van der Waals surface area contributed by atoms with Crippen molar-refractivity contribution >= 4 is 35.3 Å². The fourth-order valence-electron chi connectivity index (χ4n) is 2.12. The van der Waals surface area contributed by atoms with Crippen molar-refractivity contribution in [2.75, 3.05) is 19.0 Å². The number of halogens is 1. The zero-order valence-corrected chi connectivity index (χ0v) is 14.4. The van der Waals surface area contributed by atoms with Gasteiger partial charge >= 0.3 is 0 Å². The second kappa shape index (κ2) is 8.12. The lowest BCUT2D eigenvalue weighted by Crippen LogP contribution is -2.14. The van der Waals surface area contributed by atoms with Gasteiger partial charge in [-0.3, -0.25) is 4.79 Å². The zero-order valence-electron chi connectivity index (χ0n) is 12.8. The lowest BCUT2D eigenvalue weighted by Gasteiger charge is -2.13. The van der Waals surface area contributed by atoms with Gasteiger partial charge in [-0.15, -0.1) is 23.7 Å². The molecule has 7 heteroatoms. The fourth-order valence-corrected chi connectivity index (χ4v) is 2.91. The van der Waals surface area contributed by atoms with E-state index >= 15 is 0 Å². The van der Waals surface area contributed by atoms with E-state index in [0.29, 0.717) is 18.7 Å². The molecule has 22 heavy (non-hydrogen) atoms. The second-order valence-corrected chi connectivity index (χ2v) is 5.65. The first-order valence-corrected chi connectivity index (χ1v) is 7.54. The van der Waals surface area contributed by atoms with Crippen LogP contribution in [0.4, 0.5) is 5.69 Å². The van der Waals surface area contributed by atoms with E-state index in [9.17, 15) is 4.79 Å². The maximum absolute atomic E-state index is 12.2. The number of thiazole rings is 1. The molecule has 0 atom stereocenters. The lowest BCUT2D eigenvalue weighted by molar-refractivity contribution is 0.102. The molecule has 1 aromatic carbocycles. The highest BCUT2D eigenvalue weighted by Gasteiger charge is 2.14. The molecule has 0 spiro atoms. The summed E-state index contributed by atoms with van der Waals surface area (Å²) in [7, 11) is 1.63. The molecule has 2 rings (SSSR count). The molecule has 1 aromatic heterocycles. The van der Waals surface area contributed by atoms with Crippen LogP contribution in [-0.4, -0.2) is 24.5 Å². The fraction of sp³-hybridized carbons (Fsp3) is 0.333. The van der Waals surface area contributed by atoms with Crippen molar-refractivity contribution < 1.29 is 9.53 Å². The Labute approximate surface area is 140 Å². The Bertz CT molecular complexity index is 658. The maximum Gasteiger partial charge on any atom is 0.275 e. The summed E-state index contributed by atoms with van der Waals surface area (Å²) in [6.45, 7) is 4.42. The first-order valence-electron chi connectivity index (χ1n) is 6.66. The van der Waals surface area contributed by atoms with E-state index in [1.165, 1.54) is 11.3 Å². The Balaban J connectivity index is 0.00000242. The van der Waals surface area contributed by atoms with Crippen molar-refractivity contribution in [2.45, 2.75) is 20.3 Å². The van der Waals surface area contributed by atoms with Crippen molar-refractivity contribution in [3.63, 3.8) is 0 Å². The van der Waals surface area contributed by atoms with Gasteiger partial charge in [-0.1, -0.05) is 6.07 Å². The number of nitrogens with one attached hydrogen (secondary N) is 1. The van der Waals surface area contributed by atoms with Crippen molar-refractivity contribution in [3.8, 4) is 5.75 Å². The molecule has 0 aliphatic carbocycles. The van der Waals surface area contributed by atoms with Gasteiger partial charge in [0.15, 0.2) is 0 Å². The topological polar surface area (TPSA) is 77.2 Å². The number of methoxy groups -OCH3 is 1. The van der Waals surface area contributed by atoms with Crippen LogP contribution in [-0.2, 0) is 6.42 Å². The van der Waals surface area contributed by atoms with Crippen LogP contribution in [0.15, 0.2) is 17.5 Å². The number of carbonyl (C=O) groups is 1. The van der Waals surface area contributed by atoms with E-state index in [1.54, 1.807) is 12.5 Å². The Morgan fingerprint density at radius 3 is 2.77 bits per heavy atom. The number of nitrogens with zero attached hydrogens (tertiary/aromatic N) is 1. The highest BCUT2D eigenvalue weighted by atomic mass is 35.5. The summed E-state index contributed by atoms with van der Waals surface area (Å²) in [5.74, 6) is 0.568. The molecule has 0 fully saturated rings. The quantitative estimate of drug-likeness (QED) is 0.876. The molecule has 2 aromatic rings. The predicted molar refractivity (Wildman–Crippen MR) is 92.5 cm³/mol.